The number of imidazole rings is 2. The summed E-state index contributed by atoms with van der Waals surface area (Å²) in [6, 6.07) is 21.9. The van der Waals surface area contributed by atoms with E-state index in [0.717, 1.165) is 22.8 Å². The van der Waals surface area contributed by atoms with E-state index >= 15 is 0 Å². The summed E-state index contributed by atoms with van der Waals surface area (Å²) in [6.45, 7) is 0. The van der Waals surface area contributed by atoms with Crippen LogP contribution in [0.25, 0.3) is 22.8 Å². The Labute approximate surface area is 233 Å². The molecular formula is C28H22F2IrN7-3. The molecule has 0 saturated carbocycles. The fourth-order valence-electron chi connectivity index (χ4n) is 3.05. The molecule has 0 amide bonds. The van der Waals surface area contributed by atoms with Gasteiger partial charge in [0.15, 0.2) is 0 Å². The number of aromatic nitrogens is 7. The molecular weight excluding hydrogens is 665 g/mol. The molecule has 0 spiro atoms. The van der Waals surface area contributed by atoms with E-state index in [1.807, 2.05) is 63.1 Å². The third-order valence-corrected chi connectivity index (χ3v) is 4.84. The molecule has 0 saturated heterocycles. The van der Waals surface area contributed by atoms with E-state index in [1.165, 1.54) is 24.3 Å². The molecule has 4 heterocycles. The average molecular weight is 687 g/mol. The van der Waals surface area contributed by atoms with Crippen molar-refractivity contribution in [1.82, 2.24) is 24.3 Å². The molecule has 38 heavy (non-hydrogen) atoms. The Hall–Kier alpha value is -4.27. The van der Waals surface area contributed by atoms with Crippen molar-refractivity contribution in [2.24, 2.45) is 14.1 Å². The molecule has 195 valence electrons. The van der Waals surface area contributed by atoms with E-state index in [9.17, 15) is 8.78 Å². The predicted molar refractivity (Wildman–Crippen MR) is 130 cm³/mol. The van der Waals surface area contributed by atoms with Gasteiger partial charge in [-0.1, -0.05) is 29.2 Å². The van der Waals surface area contributed by atoms with Crippen LogP contribution < -0.4 is 14.2 Å². The minimum absolute atomic E-state index is 0. The number of halogens is 2. The van der Waals surface area contributed by atoms with Crippen LogP contribution in [0.5, 0.6) is 0 Å². The second kappa shape index (κ2) is 13.9. The summed E-state index contributed by atoms with van der Waals surface area (Å²) >= 11 is 0. The third-order valence-electron chi connectivity index (χ3n) is 4.84. The zero-order chi connectivity index (χ0) is 26.0. The first-order valence-electron chi connectivity index (χ1n) is 11.1. The maximum Gasteiger partial charge on any atom is 0.241 e. The second-order valence-electron chi connectivity index (χ2n) is 7.67. The van der Waals surface area contributed by atoms with E-state index in [0.29, 0.717) is 0 Å². The molecule has 0 unspecified atom stereocenters. The summed E-state index contributed by atoms with van der Waals surface area (Å²) in [6.07, 6.45) is 16.8. The Morgan fingerprint density at radius 1 is 0.763 bits per heavy atom. The van der Waals surface area contributed by atoms with Gasteiger partial charge in [-0.15, -0.1) is 24.3 Å². The van der Waals surface area contributed by atoms with Gasteiger partial charge >= 0.3 is 0 Å². The van der Waals surface area contributed by atoms with Gasteiger partial charge in [-0.3, -0.25) is 13.8 Å². The number of aryl methyl sites for hydroxylation is 2. The molecule has 4 aromatic heterocycles. The largest absolute Gasteiger partial charge is 0.574 e. The van der Waals surface area contributed by atoms with Crippen molar-refractivity contribution in [3.63, 3.8) is 0 Å². The Balaban J connectivity index is 0.000000156. The molecule has 1 radical (unpaired) electrons. The van der Waals surface area contributed by atoms with Crippen molar-refractivity contribution in [1.29, 1.82) is 0 Å². The molecule has 7 nitrogen and oxygen atoms in total. The summed E-state index contributed by atoms with van der Waals surface area (Å²) in [5.74, 6) is -0.555. The molecule has 10 heteroatoms. The summed E-state index contributed by atoms with van der Waals surface area (Å²) in [4.78, 5) is 4.12. The summed E-state index contributed by atoms with van der Waals surface area (Å²) in [7, 11) is 3.75. The number of hydrogen-bond acceptors (Lipinski definition) is 2. The molecule has 0 aliphatic heterocycles. The van der Waals surface area contributed by atoms with E-state index in [1.54, 1.807) is 42.8 Å². The summed E-state index contributed by atoms with van der Waals surface area (Å²) in [5.41, 5.74) is 3.25. The van der Waals surface area contributed by atoms with Crippen LogP contribution in [0.2, 0.25) is 0 Å². The van der Waals surface area contributed by atoms with Gasteiger partial charge in [0.25, 0.3) is 0 Å². The topological polar surface area (TPSA) is 57.5 Å². The van der Waals surface area contributed by atoms with Crippen LogP contribution >= 0.6 is 0 Å². The van der Waals surface area contributed by atoms with Gasteiger partial charge in [0.2, 0.25) is 12.7 Å². The molecule has 0 fully saturated rings. The standard InChI is InChI=1S/2C10H8FN2.C8H6N3.Ir/c2*1-12-6-7-13(8-12)10-4-2-9(11)3-5-10;1-2-5-9-7(3-1)8-4-6-10-11-8;/h2*2-4,6-7H,1H3;1-6H;/q3*-1;. The van der Waals surface area contributed by atoms with Gasteiger partial charge in [0, 0.05) is 74.6 Å². The maximum absolute atomic E-state index is 12.6. The number of rotatable bonds is 3. The number of hydrogen-bond donors (Lipinski definition) is 0. The minimum atomic E-state index is -0.278. The monoisotopic (exact) mass is 687 g/mol. The first-order chi connectivity index (χ1) is 18.0. The molecule has 0 aliphatic carbocycles. The first kappa shape index (κ1) is 28.3. The van der Waals surface area contributed by atoms with Gasteiger partial charge < -0.3 is 28.5 Å². The van der Waals surface area contributed by atoms with Crippen molar-refractivity contribution in [3.8, 4) is 22.8 Å². The normalized spacial score (nSPS) is 9.89. The molecule has 0 atom stereocenters. The predicted octanol–water partition coefficient (Wildman–Crippen LogP) is 3.18. The Bertz CT molecular complexity index is 1410. The SMILES string of the molecule is C[n+]1[c-]n(-c2[c-]cc(F)cc2)cc1.C[n+]1[c-]n(-c2[c-]cc(F)cc2)cc1.[Ir].c1ccc(-c2ccn[n-]2)nc1. The van der Waals surface area contributed by atoms with Crippen molar-refractivity contribution < 1.29 is 38.0 Å². The number of benzene rings is 2. The molecule has 0 aliphatic rings. The van der Waals surface area contributed by atoms with E-state index in [4.69, 9.17) is 0 Å². The summed E-state index contributed by atoms with van der Waals surface area (Å²) in [5, 5.41) is 7.58. The van der Waals surface area contributed by atoms with E-state index < -0.39 is 0 Å². The van der Waals surface area contributed by atoms with Crippen molar-refractivity contribution in [3.05, 3.63) is 134 Å². The quantitative estimate of drug-likeness (QED) is 0.213. The maximum atomic E-state index is 12.6. The van der Waals surface area contributed by atoms with E-state index in [-0.39, 0.29) is 31.7 Å². The molecule has 0 N–H and O–H groups in total. The molecule has 2 aromatic carbocycles. The van der Waals surface area contributed by atoms with Gasteiger partial charge in [0.05, 0.1) is 14.1 Å². The van der Waals surface area contributed by atoms with Crippen molar-refractivity contribution >= 4 is 0 Å². The smallest absolute Gasteiger partial charge is 0.241 e. The van der Waals surface area contributed by atoms with Crippen LogP contribution in [0.4, 0.5) is 8.78 Å². The van der Waals surface area contributed by atoms with Crippen LogP contribution in [0, 0.1) is 36.4 Å². The first-order valence-corrected chi connectivity index (χ1v) is 11.1. The van der Waals surface area contributed by atoms with Gasteiger partial charge in [-0.25, -0.2) is 0 Å². The second-order valence-corrected chi connectivity index (χ2v) is 7.67. The molecule has 6 rings (SSSR count). The van der Waals surface area contributed by atoms with Crippen LogP contribution in [0.1, 0.15) is 0 Å². The van der Waals surface area contributed by atoms with Crippen LogP contribution in [-0.2, 0) is 34.2 Å². The van der Waals surface area contributed by atoms with Gasteiger partial charge in [-0.05, 0) is 12.1 Å². The molecule has 0 bridgehead atoms. The fraction of sp³-hybridized carbons (Fsp3) is 0.0714. The Morgan fingerprint density at radius 2 is 1.34 bits per heavy atom. The van der Waals surface area contributed by atoms with Gasteiger partial charge in [-0.2, -0.15) is 24.3 Å². The summed E-state index contributed by atoms with van der Waals surface area (Å²) < 4.78 is 32.2. The zero-order valence-corrected chi connectivity index (χ0v) is 22.9. The van der Waals surface area contributed by atoms with Crippen LogP contribution in [0.3, 0.4) is 0 Å². The fourth-order valence-corrected chi connectivity index (χ4v) is 3.05. The number of pyridine rings is 1. The van der Waals surface area contributed by atoms with Crippen molar-refractivity contribution in [2.75, 3.05) is 0 Å². The van der Waals surface area contributed by atoms with Crippen LogP contribution in [-0.4, -0.2) is 19.2 Å². The minimum Gasteiger partial charge on any atom is -0.574 e. The van der Waals surface area contributed by atoms with Gasteiger partial charge in [0.1, 0.15) is 0 Å². The third kappa shape index (κ3) is 8.12. The van der Waals surface area contributed by atoms with Crippen LogP contribution in [0.15, 0.2) is 97.8 Å². The number of nitrogens with zero attached hydrogens (tertiary/aromatic N) is 7. The van der Waals surface area contributed by atoms with Crippen molar-refractivity contribution in [2.45, 2.75) is 0 Å². The average Bonchev–Trinajstić information content (AvgIpc) is 3.69. The Kier molecular flexibility index (Phi) is 10.3. The van der Waals surface area contributed by atoms with E-state index in [2.05, 4.69) is 40.0 Å². The molecule has 6 aromatic rings. The zero-order valence-electron chi connectivity index (χ0n) is 20.5. The Morgan fingerprint density at radius 3 is 1.71 bits per heavy atom.